The van der Waals surface area contributed by atoms with Crippen LogP contribution in [0.25, 0.3) is 0 Å². The van der Waals surface area contributed by atoms with Gasteiger partial charge in [0.1, 0.15) is 0 Å². The van der Waals surface area contributed by atoms with Gasteiger partial charge in [-0.15, -0.1) is 12.3 Å². The zero-order valence-electron chi connectivity index (χ0n) is 8.26. The van der Waals surface area contributed by atoms with Gasteiger partial charge in [0.15, 0.2) is 0 Å². The number of rotatable bonds is 5. The Labute approximate surface area is 75.5 Å². The minimum absolute atomic E-state index is 0.0218. The maximum absolute atomic E-state index is 5.90. The zero-order valence-corrected chi connectivity index (χ0v) is 8.26. The largest absolute Gasteiger partial charge is 0.374 e. The Bertz CT molecular complexity index is 158. The molecule has 0 radical (unpaired) electrons. The highest BCUT2D eigenvalue weighted by Crippen LogP contribution is 2.16. The average Bonchev–Trinajstić information content (AvgIpc) is 2.00. The molecule has 0 aromatic rings. The third kappa shape index (κ3) is 3.75. The highest BCUT2D eigenvalue weighted by molar-refractivity contribution is 4.90. The average molecular weight is 169 g/mol. The monoisotopic (exact) mass is 169 g/mol. The summed E-state index contributed by atoms with van der Waals surface area (Å²) in [4.78, 5) is 0. The molecule has 0 saturated carbocycles. The number of nitrogens with two attached hydrogens (primary N) is 1. The molecule has 0 rings (SSSR count). The molecule has 0 amide bonds. The zero-order chi connectivity index (χ0) is 9.61. The molecule has 70 valence electrons. The first-order valence-corrected chi connectivity index (χ1v) is 4.37. The second kappa shape index (κ2) is 5.18. The van der Waals surface area contributed by atoms with E-state index in [1.165, 1.54) is 0 Å². The van der Waals surface area contributed by atoms with E-state index in [4.69, 9.17) is 16.9 Å². The van der Waals surface area contributed by atoms with Crippen LogP contribution in [0.4, 0.5) is 0 Å². The molecule has 0 fully saturated rings. The van der Waals surface area contributed by atoms with E-state index >= 15 is 0 Å². The van der Waals surface area contributed by atoms with Crippen molar-refractivity contribution in [3.8, 4) is 12.3 Å². The molecule has 2 heteroatoms. The van der Waals surface area contributed by atoms with Gasteiger partial charge >= 0.3 is 0 Å². The SMILES string of the molecule is C#CCCC(N)C(C)(C)OCC. The quantitative estimate of drug-likeness (QED) is 0.634. The van der Waals surface area contributed by atoms with Crippen LogP contribution >= 0.6 is 0 Å². The lowest BCUT2D eigenvalue weighted by molar-refractivity contribution is -0.0303. The van der Waals surface area contributed by atoms with Gasteiger partial charge < -0.3 is 10.5 Å². The second-order valence-corrected chi connectivity index (χ2v) is 3.39. The van der Waals surface area contributed by atoms with Crippen LogP contribution in [0.5, 0.6) is 0 Å². The first kappa shape index (κ1) is 11.5. The molecule has 2 N–H and O–H groups in total. The van der Waals surface area contributed by atoms with E-state index in [0.717, 1.165) is 12.8 Å². The van der Waals surface area contributed by atoms with Crippen LogP contribution in [0.15, 0.2) is 0 Å². The van der Waals surface area contributed by atoms with E-state index < -0.39 is 0 Å². The van der Waals surface area contributed by atoms with Crippen molar-refractivity contribution in [2.24, 2.45) is 5.73 Å². The predicted octanol–water partition coefficient (Wildman–Crippen LogP) is 1.54. The maximum Gasteiger partial charge on any atom is 0.0776 e. The smallest absolute Gasteiger partial charge is 0.0776 e. The molecule has 0 aliphatic carbocycles. The molecular formula is C10H19NO. The summed E-state index contributed by atoms with van der Waals surface area (Å²) in [6.45, 7) is 6.65. The summed E-state index contributed by atoms with van der Waals surface area (Å²) in [6, 6.07) is 0.0218. The summed E-state index contributed by atoms with van der Waals surface area (Å²) in [5.74, 6) is 2.58. The van der Waals surface area contributed by atoms with E-state index in [9.17, 15) is 0 Å². The van der Waals surface area contributed by atoms with Crippen molar-refractivity contribution in [1.29, 1.82) is 0 Å². The molecule has 0 spiro atoms. The molecule has 0 aliphatic heterocycles. The van der Waals surface area contributed by atoms with Gasteiger partial charge in [0.05, 0.1) is 5.60 Å². The van der Waals surface area contributed by atoms with Crippen LogP contribution in [0.3, 0.4) is 0 Å². The normalized spacial score (nSPS) is 13.9. The topological polar surface area (TPSA) is 35.2 Å². The highest BCUT2D eigenvalue weighted by atomic mass is 16.5. The van der Waals surface area contributed by atoms with Gasteiger partial charge in [0.2, 0.25) is 0 Å². The van der Waals surface area contributed by atoms with E-state index in [2.05, 4.69) is 5.92 Å². The Morgan fingerprint density at radius 2 is 2.17 bits per heavy atom. The molecule has 2 nitrogen and oxygen atoms in total. The minimum Gasteiger partial charge on any atom is -0.374 e. The van der Waals surface area contributed by atoms with Crippen molar-refractivity contribution in [1.82, 2.24) is 0 Å². The molecule has 1 unspecified atom stereocenters. The molecular weight excluding hydrogens is 150 g/mol. The summed E-state index contributed by atoms with van der Waals surface area (Å²) >= 11 is 0. The summed E-state index contributed by atoms with van der Waals surface area (Å²) < 4.78 is 5.49. The molecule has 0 aliphatic rings. The van der Waals surface area contributed by atoms with Crippen LogP contribution in [0.1, 0.15) is 33.6 Å². The van der Waals surface area contributed by atoms with Crippen LogP contribution in [0, 0.1) is 12.3 Å². The summed E-state index contributed by atoms with van der Waals surface area (Å²) in [6.07, 6.45) is 6.69. The van der Waals surface area contributed by atoms with Gasteiger partial charge in [-0.25, -0.2) is 0 Å². The van der Waals surface area contributed by atoms with Crippen molar-refractivity contribution < 1.29 is 4.74 Å². The van der Waals surface area contributed by atoms with Gasteiger partial charge in [0, 0.05) is 19.1 Å². The lowest BCUT2D eigenvalue weighted by Crippen LogP contribution is -2.45. The fourth-order valence-corrected chi connectivity index (χ4v) is 1.07. The van der Waals surface area contributed by atoms with Crippen molar-refractivity contribution in [3.05, 3.63) is 0 Å². The fraction of sp³-hybridized carbons (Fsp3) is 0.800. The van der Waals surface area contributed by atoms with E-state index in [1.54, 1.807) is 0 Å². The van der Waals surface area contributed by atoms with Crippen molar-refractivity contribution in [2.75, 3.05) is 6.61 Å². The first-order chi connectivity index (χ1) is 5.54. The lowest BCUT2D eigenvalue weighted by Gasteiger charge is -2.31. The van der Waals surface area contributed by atoms with Crippen LogP contribution < -0.4 is 5.73 Å². The Kier molecular flexibility index (Phi) is 4.96. The van der Waals surface area contributed by atoms with E-state index in [0.29, 0.717) is 6.61 Å². The molecule has 0 bridgehead atoms. The van der Waals surface area contributed by atoms with Gasteiger partial charge in [0.25, 0.3) is 0 Å². The minimum atomic E-state index is -0.258. The van der Waals surface area contributed by atoms with Gasteiger partial charge in [-0.3, -0.25) is 0 Å². The van der Waals surface area contributed by atoms with Crippen LogP contribution in [-0.4, -0.2) is 18.2 Å². The summed E-state index contributed by atoms with van der Waals surface area (Å²) in [7, 11) is 0. The third-order valence-corrected chi connectivity index (χ3v) is 2.01. The fourth-order valence-electron chi connectivity index (χ4n) is 1.07. The molecule has 0 aromatic carbocycles. The Morgan fingerprint density at radius 3 is 2.58 bits per heavy atom. The van der Waals surface area contributed by atoms with Gasteiger partial charge in [-0.1, -0.05) is 0 Å². The van der Waals surface area contributed by atoms with Crippen LogP contribution in [0.2, 0.25) is 0 Å². The van der Waals surface area contributed by atoms with Crippen molar-refractivity contribution in [2.45, 2.75) is 45.3 Å². The first-order valence-electron chi connectivity index (χ1n) is 4.37. The van der Waals surface area contributed by atoms with Crippen LogP contribution in [-0.2, 0) is 4.74 Å². The molecule has 0 saturated heterocycles. The Balaban J connectivity index is 3.89. The molecule has 12 heavy (non-hydrogen) atoms. The predicted molar refractivity (Wildman–Crippen MR) is 51.7 cm³/mol. The summed E-state index contributed by atoms with van der Waals surface area (Å²) in [5, 5.41) is 0. The third-order valence-electron chi connectivity index (χ3n) is 2.01. The maximum atomic E-state index is 5.90. The lowest BCUT2D eigenvalue weighted by atomic mass is 9.95. The number of terminal acetylenes is 1. The standard InChI is InChI=1S/C10H19NO/c1-5-7-8-9(11)10(3,4)12-6-2/h1,9H,6-8,11H2,2-4H3. The second-order valence-electron chi connectivity index (χ2n) is 3.39. The number of hydrogen-bond acceptors (Lipinski definition) is 2. The van der Waals surface area contributed by atoms with Crippen molar-refractivity contribution in [3.63, 3.8) is 0 Å². The van der Waals surface area contributed by atoms with E-state index in [-0.39, 0.29) is 11.6 Å². The van der Waals surface area contributed by atoms with E-state index in [1.807, 2.05) is 20.8 Å². The number of hydrogen-bond donors (Lipinski definition) is 1. The number of ether oxygens (including phenoxy) is 1. The van der Waals surface area contributed by atoms with Gasteiger partial charge in [-0.05, 0) is 27.2 Å². The molecule has 1 atom stereocenters. The summed E-state index contributed by atoms with van der Waals surface area (Å²) in [5.41, 5.74) is 5.64. The molecule has 0 aromatic heterocycles. The van der Waals surface area contributed by atoms with Gasteiger partial charge in [-0.2, -0.15) is 0 Å². The Morgan fingerprint density at radius 1 is 1.58 bits per heavy atom. The molecule has 0 heterocycles. The highest BCUT2D eigenvalue weighted by Gasteiger charge is 2.25. The Hall–Kier alpha value is -0.520. The van der Waals surface area contributed by atoms with Crippen molar-refractivity contribution >= 4 is 0 Å².